The van der Waals surface area contributed by atoms with Crippen molar-refractivity contribution in [3.63, 3.8) is 0 Å². The molecule has 3 heteroatoms. The second kappa shape index (κ2) is 20.6. The van der Waals surface area contributed by atoms with E-state index in [0.717, 1.165) is 24.6 Å². The van der Waals surface area contributed by atoms with Gasteiger partial charge in [0.2, 0.25) is 0 Å². The highest BCUT2D eigenvalue weighted by Crippen LogP contribution is 2.34. The first-order valence-electron chi connectivity index (χ1n) is 16.3. The van der Waals surface area contributed by atoms with Crippen LogP contribution in [0.3, 0.4) is 0 Å². The molecule has 0 heterocycles. The van der Waals surface area contributed by atoms with E-state index in [-0.39, 0.29) is 0 Å². The highest BCUT2D eigenvalue weighted by Gasteiger charge is 2.18. The van der Waals surface area contributed by atoms with Crippen molar-refractivity contribution in [1.29, 1.82) is 0 Å². The molecule has 0 aromatic heterocycles. The molecule has 1 aliphatic carbocycles. The predicted molar refractivity (Wildman–Crippen MR) is 198 cm³/mol. The molecular formula is C40H57NS2. The Morgan fingerprint density at radius 2 is 1.40 bits per heavy atom. The summed E-state index contributed by atoms with van der Waals surface area (Å²) in [5, 5.41) is 3.70. The van der Waals surface area contributed by atoms with E-state index in [2.05, 4.69) is 140 Å². The summed E-state index contributed by atoms with van der Waals surface area (Å²) in [5.74, 6) is 2.49. The molecule has 2 atom stereocenters. The van der Waals surface area contributed by atoms with Gasteiger partial charge in [-0.15, -0.1) is 6.58 Å². The van der Waals surface area contributed by atoms with Crippen LogP contribution in [0.25, 0.3) is 5.70 Å². The largest absolute Gasteiger partial charge is 0.381 e. The maximum atomic E-state index is 4.05. The third-order valence-electron chi connectivity index (χ3n) is 7.72. The summed E-state index contributed by atoms with van der Waals surface area (Å²) in [5.41, 5.74) is 11.0. The van der Waals surface area contributed by atoms with Gasteiger partial charge in [-0.2, -0.15) is 0 Å². The molecule has 4 rings (SSSR count). The van der Waals surface area contributed by atoms with E-state index < -0.39 is 0 Å². The number of hydrogen-bond donors (Lipinski definition) is 1. The predicted octanol–water partition coefficient (Wildman–Crippen LogP) is 12.9. The van der Waals surface area contributed by atoms with Gasteiger partial charge in [0, 0.05) is 22.9 Å². The van der Waals surface area contributed by atoms with Gasteiger partial charge in [-0.3, -0.25) is 0 Å². The first-order chi connectivity index (χ1) is 20.7. The Kier molecular flexibility index (Phi) is 17.6. The second-order valence-corrected chi connectivity index (χ2v) is 14.6. The minimum atomic E-state index is 0.628. The first kappa shape index (κ1) is 36.8. The van der Waals surface area contributed by atoms with Gasteiger partial charge in [-0.1, -0.05) is 146 Å². The van der Waals surface area contributed by atoms with Crippen molar-refractivity contribution < 1.29 is 0 Å². The molecule has 0 saturated heterocycles. The van der Waals surface area contributed by atoms with Crippen LogP contribution in [0.4, 0.5) is 0 Å². The van der Waals surface area contributed by atoms with E-state index in [9.17, 15) is 0 Å². The van der Waals surface area contributed by atoms with Gasteiger partial charge in [0.15, 0.2) is 0 Å². The van der Waals surface area contributed by atoms with Crippen LogP contribution in [0.5, 0.6) is 0 Å². The average Bonchev–Trinajstić information content (AvgIpc) is 2.98. The van der Waals surface area contributed by atoms with Crippen LogP contribution in [0.15, 0.2) is 95.4 Å². The molecule has 1 aliphatic rings. The lowest BCUT2D eigenvalue weighted by Crippen LogP contribution is -2.16. The van der Waals surface area contributed by atoms with Crippen molar-refractivity contribution in [3.8, 4) is 0 Å². The summed E-state index contributed by atoms with van der Waals surface area (Å²) in [6.07, 6.45) is 7.39. The maximum absolute atomic E-state index is 4.05. The highest BCUT2D eigenvalue weighted by atomic mass is 33.1. The van der Waals surface area contributed by atoms with Gasteiger partial charge in [0.05, 0.1) is 0 Å². The number of benzene rings is 3. The van der Waals surface area contributed by atoms with E-state index in [1.807, 2.05) is 21.6 Å². The normalized spacial score (nSPS) is 13.3. The van der Waals surface area contributed by atoms with Crippen molar-refractivity contribution in [2.45, 2.75) is 111 Å². The third kappa shape index (κ3) is 13.4. The average molecular weight is 616 g/mol. The number of allylic oxidation sites excluding steroid dienone is 2. The number of rotatable bonds is 12. The summed E-state index contributed by atoms with van der Waals surface area (Å²) in [6.45, 7) is 22.4. The van der Waals surface area contributed by atoms with Crippen LogP contribution in [0.1, 0.15) is 114 Å². The first-order valence-corrected chi connectivity index (χ1v) is 18.7. The zero-order chi connectivity index (χ0) is 31.6. The fourth-order valence-electron chi connectivity index (χ4n) is 4.86. The van der Waals surface area contributed by atoms with Crippen LogP contribution in [-0.4, -0.2) is 5.75 Å². The topological polar surface area (TPSA) is 12.0 Å². The van der Waals surface area contributed by atoms with Gasteiger partial charge < -0.3 is 5.32 Å². The minimum absolute atomic E-state index is 0.628. The molecule has 0 amide bonds. The van der Waals surface area contributed by atoms with Crippen molar-refractivity contribution in [2.75, 3.05) is 5.75 Å². The lowest BCUT2D eigenvalue weighted by Gasteiger charge is -2.24. The van der Waals surface area contributed by atoms with Crippen molar-refractivity contribution in [3.05, 3.63) is 118 Å². The minimum Gasteiger partial charge on any atom is -0.381 e. The monoisotopic (exact) mass is 615 g/mol. The standard InChI is InChI=1S/C21H25NS2.C16H24.C3H8/c1-3-23-24-20-13-9-17(10-14-20)15-22-21(18-5-4-6-18)19-11-7-16(2)8-12-19;1-6-14(5)16(11-12(2)3)15-9-7-13(4)8-10-15;1-3-2/h7-14,22H,3-6,15H2,1-2H3;7-10,14,16H,2,6,11H2,1,3-5H3;3H2,1-2H3. The SMILES string of the molecule is C=C(C)CC(c1ccc(C)cc1)C(C)CC.CCC.CCSSc1ccc(CNC(=C2CCC2)c2ccc(C)cc2)cc1. The molecule has 0 aliphatic heterocycles. The van der Waals surface area contributed by atoms with Crippen molar-refractivity contribution in [1.82, 2.24) is 5.32 Å². The molecule has 1 fully saturated rings. The second-order valence-electron chi connectivity index (χ2n) is 12.0. The smallest absolute Gasteiger partial charge is 0.0408 e. The zero-order valence-electron chi connectivity index (χ0n) is 28.3. The van der Waals surface area contributed by atoms with E-state index in [1.165, 1.54) is 76.1 Å². The molecule has 1 nitrogen and oxygen atoms in total. The van der Waals surface area contributed by atoms with Crippen LogP contribution in [0, 0.1) is 19.8 Å². The number of aryl methyl sites for hydroxylation is 2. The maximum Gasteiger partial charge on any atom is 0.0408 e. The molecule has 0 bridgehead atoms. The molecule has 0 spiro atoms. The Hall–Kier alpha value is -2.36. The lowest BCUT2D eigenvalue weighted by atomic mass is 9.81. The highest BCUT2D eigenvalue weighted by molar-refractivity contribution is 8.76. The summed E-state index contributed by atoms with van der Waals surface area (Å²) in [6, 6.07) is 26.8. The fourth-order valence-corrected chi connectivity index (χ4v) is 6.45. The molecular weight excluding hydrogens is 559 g/mol. The van der Waals surface area contributed by atoms with E-state index in [4.69, 9.17) is 0 Å². The Labute approximate surface area is 272 Å². The van der Waals surface area contributed by atoms with Crippen LogP contribution >= 0.6 is 21.6 Å². The van der Waals surface area contributed by atoms with E-state index in [0.29, 0.717) is 5.92 Å². The van der Waals surface area contributed by atoms with E-state index in [1.54, 1.807) is 5.57 Å². The quantitative estimate of drug-likeness (QED) is 0.161. The fraction of sp³-hybridized carbons (Fsp3) is 0.450. The molecule has 43 heavy (non-hydrogen) atoms. The van der Waals surface area contributed by atoms with Gasteiger partial charge >= 0.3 is 0 Å². The van der Waals surface area contributed by atoms with Crippen LogP contribution in [-0.2, 0) is 6.54 Å². The molecule has 1 N–H and O–H groups in total. The Bertz CT molecular complexity index is 1220. The summed E-state index contributed by atoms with van der Waals surface area (Å²) in [4.78, 5) is 1.33. The van der Waals surface area contributed by atoms with E-state index >= 15 is 0 Å². The van der Waals surface area contributed by atoms with Crippen molar-refractivity contribution >= 4 is 27.3 Å². The molecule has 0 radical (unpaired) electrons. The molecule has 3 aromatic rings. The van der Waals surface area contributed by atoms with Gasteiger partial charge in [0.25, 0.3) is 0 Å². The third-order valence-corrected chi connectivity index (χ3v) is 10.2. The Balaban J connectivity index is 0.000000295. The van der Waals surface area contributed by atoms with Gasteiger partial charge in [0.1, 0.15) is 0 Å². The summed E-state index contributed by atoms with van der Waals surface area (Å²) < 4.78 is 0. The summed E-state index contributed by atoms with van der Waals surface area (Å²) >= 11 is 0. The molecule has 234 valence electrons. The van der Waals surface area contributed by atoms with Crippen LogP contribution < -0.4 is 5.32 Å². The van der Waals surface area contributed by atoms with Gasteiger partial charge in [-0.25, -0.2) is 0 Å². The number of nitrogens with one attached hydrogen (secondary N) is 1. The number of hydrogen-bond acceptors (Lipinski definition) is 3. The molecule has 2 unspecified atom stereocenters. The lowest BCUT2D eigenvalue weighted by molar-refractivity contribution is 0.442. The van der Waals surface area contributed by atoms with Crippen LogP contribution in [0.2, 0.25) is 0 Å². The zero-order valence-corrected chi connectivity index (χ0v) is 29.9. The van der Waals surface area contributed by atoms with Gasteiger partial charge in [-0.05, 0) is 92.7 Å². The molecule has 1 saturated carbocycles. The molecule has 3 aromatic carbocycles. The Morgan fingerprint density at radius 3 is 1.86 bits per heavy atom. The Morgan fingerprint density at radius 1 is 0.837 bits per heavy atom. The van der Waals surface area contributed by atoms with Crippen molar-refractivity contribution in [2.24, 2.45) is 5.92 Å². The summed E-state index contributed by atoms with van der Waals surface area (Å²) in [7, 11) is 3.75.